The van der Waals surface area contributed by atoms with E-state index in [1.807, 2.05) is 30.3 Å². The summed E-state index contributed by atoms with van der Waals surface area (Å²) in [7, 11) is 0. The molecular formula is C12H11N3O3S. The highest BCUT2D eigenvalue weighted by atomic mass is 32.1. The van der Waals surface area contributed by atoms with Gasteiger partial charge >= 0.3 is 6.09 Å². The monoisotopic (exact) mass is 277 g/mol. The molecule has 1 aromatic carbocycles. The second-order valence-corrected chi connectivity index (χ2v) is 4.10. The van der Waals surface area contributed by atoms with Crippen LogP contribution in [-0.4, -0.2) is 16.1 Å². The van der Waals surface area contributed by atoms with Crippen LogP contribution in [0.2, 0.25) is 0 Å². The number of carbonyl (C=O) groups is 1. The number of H-pyrrole nitrogens is 2. The highest BCUT2D eigenvalue weighted by Gasteiger charge is 2.04. The van der Waals surface area contributed by atoms with Crippen molar-refractivity contribution in [2.45, 2.75) is 6.61 Å². The number of carbonyl (C=O) groups excluding carboxylic acids is 1. The molecule has 98 valence electrons. The summed E-state index contributed by atoms with van der Waals surface area (Å²) in [5.74, 6) is 0.187. The first-order valence-corrected chi connectivity index (χ1v) is 5.86. The van der Waals surface area contributed by atoms with Crippen LogP contribution in [0.1, 0.15) is 5.56 Å². The Labute approximate surface area is 113 Å². The van der Waals surface area contributed by atoms with Crippen molar-refractivity contribution in [1.29, 1.82) is 0 Å². The molecule has 0 aliphatic carbocycles. The van der Waals surface area contributed by atoms with Crippen LogP contribution in [-0.2, 0) is 11.3 Å². The average Bonchev–Trinajstić information content (AvgIpc) is 2.36. The maximum Gasteiger partial charge on any atom is 0.413 e. The Balaban J connectivity index is 1.94. The number of amides is 1. The van der Waals surface area contributed by atoms with Crippen molar-refractivity contribution in [2.24, 2.45) is 0 Å². The van der Waals surface area contributed by atoms with Crippen LogP contribution >= 0.6 is 12.2 Å². The fourth-order valence-electron chi connectivity index (χ4n) is 1.41. The maximum absolute atomic E-state index is 11.5. The molecule has 3 N–H and O–H groups in total. The molecule has 1 amide bonds. The third kappa shape index (κ3) is 4.07. The normalized spacial score (nSPS) is 9.89. The number of benzene rings is 1. The predicted molar refractivity (Wildman–Crippen MR) is 72.5 cm³/mol. The van der Waals surface area contributed by atoms with Crippen molar-refractivity contribution in [3.05, 3.63) is 57.1 Å². The van der Waals surface area contributed by atoms with E-state index in [1.165, 1.54) is 6.07 Å². The zero-order valence-electron chi connectivity index (χ0n) is 9.80. The van der Waals surface area contributed by atoms with Crippen LogP contribution in [0.3, 0.4) is 0 Å². The number of nitrogens with one attached hydrogen (secondary N) is 3. The first kappa shape index (κ1) is 13.0. The van der Waals surface area contributed by atoms with Crippen LogP contribution in [0.4, 0.5) is 10.6 Å². The second kappa shape index (κ2) is 5.96. The third-order valence-corrected chi connectivity index (χ3v) is 2.41. The molecule has 19 heavy (non-hydrogen) atoms. The van der Waals surface area contributed by atoms with Gasteiger partial charge < -0.3 is 9.72 Å². The molecule has 0 fully saturated rings. The number of anilines is 1. The minimum atomic E-state index is -0.667. The second-order valence-electron chi connectivity index (χ2n) is 3.69. The third-order valence-electron chi connectivity index (χ3n) is 2.21. The zero-order chi connectivity index (χ0) is 13.7. The predicted octanol–water partition coefficient (Wildman–Crippen LogP) is 2.18. The molecular weight excluding hydrogens is 266 g/mol. The molecule has 0 radical (unpaired) electrons. The highest BCUT2D eigenvalue weighted by Crippen LogP contribution is 2.03. The standard InChI is InChI=1S/C12H11N3O3S/c16-10-6-9(13-11(19)15-10)14-12(17)18-7-8-4-2-1-3-5-8/h1-6H,7H2,(H3,13,14,15,16,17,19). The fraction of sp³-hybridized carbons (Fsp3) is 0.0833. The molecule has 0 bridgehead atoms. The smallest absolute Gasteiger partial charge is 0.413 e. The summed E-state index contributed by atoms with van der Waals surface area (Å²) in [6, 6.07) is 10.4. The zero-order valence-corrected chi connectivity index (χ0v) is 10.6. The Hall–Kier alpha value is -2.41. The Bertz CT molecular complexity index is 650. The molecule has 0 saturated heterocycles. The van der Waals surface area contributed by atoms with Gasteiger partial charge in [-0.2, -0.15) is 0 Å². The summed E-state index contributed by atoms with van der Waals surface area (Å²) in [5.41, 5.74) is 0.471. The van der Waals surface area contributed by atoms with Gasteiger partial charge in [0.1, 0.15) is 12.4 Å². The van der Waals surface area contributed by atoms with Crippen molar-refractivity contribution in [3.63, 3.8) is 0 Å². The largest absolute Gasteiger partial charge is 0.444 e. The molecule has 0 unspecified atom stereocenters. The summed E-state index contributed by atoms with van der Waals surface area (Å²) in [6.07, 6.45) is -0.667. The van der Waals surface area contributed by atoms with E-state index in [-0.39, 0.29) is 17.2 Å². The van der Waals surface area contributed by atoms with E-state index in [2.05, 4.69) is 15.3 Å². The average molecular weight is 277 g/mol. The van der Waals surface area contributed by atoms with Crippen LogP contribution in [0.25, 0.3) is 0 Å². The molecule has 0 aliphatic rings. The van der Waals surface area contributed by atoms with Crippen LogP contribution in [0, 0.1) is 4.77 Å². The Morgan fingerprint density at radius 3 is 2.68 bits per heavy atom. The molecule has 7 heteroatoms. The molecule has 0 spiro atoms. The van der Waals surface area contributed by atoms with E-state index in [9.17, 15) is 9.59 Å². The topological polar surface area (TPSA) is 87.0 Å². The lowest BCUT2D eigenvalue weighted by Gasteiger charge is -2.06. The fourth-order valence-corrected chi connectivity index (χ4v) is 1.62. The number of hydrogen-bond acceptors (Lipinski definition) is 4. The van der Waals surface area contributed by atoms with Gasteiger partial charge in [0, 0.05) is 6.07 Å². The lowest BCUT2D eigenvalue weighted by Crippen LogP contribution is -2.17. The summed E-state index contributed by atoms with van der Waals surface area (Å²) in [5, 5.41) is 2.39. The van der Waals surface area contributed by atoms with Gasteiger partial charge in [-0.05, 0) is 17.8 Å². The van der Waals surface area contributed by atoms with E-state index in [0.29, 0.717) is 0 Å². The van der Waals surface area contributed by atoms with E-state index < -0.39 is 11.7 Å². The van der Waals surface area contributed by atoms with Crippen molar-refractivity contribution in [3.8, 4) is 0 Å². The van der Waals surface area contributed by atoms with Gasteiger partial charge in [0.25, 0.3) is 5.56 Å². The van der Waals surface area contributed by atoms with Gasteiger partial charge in [0.2, 0.25) is 0 Å². The summed E-state index contributed by atoms with van der Waals surface area (Å²) in [6.45, 7) is 0.149. The lowest BCUT2D eigenvalue weighted by molar-refractivity contribution is 0.155. The first-order valence-electron chi connectivity index (χ1n) is 5.45. The molecule has 2 aromatic rings. The Kier molecular flexibility index (Phi) is 4.09. The summed E-state index contributed by atoms with van der Waals surface area (Å²) >= 11 is 4.78. The molecule has 2 rings (SSSR count). The van der Waals surface area contributed by atoms with Gasteiger partial charge in [0.05, 0.1) is 0 Å². The molecule has 1 aromatic heterocycles. The number of ether oxygens (including phenoxy) is 1. The van der Waals surface area contributed by atoms with Gasteiger partial charge in [-0.15, -0.1) is 0 Å². The molecule has 1 heterocycles. The highest BCUT2D eigenvalue weighted by molar-refractivity contribution is 7.71. The summed E-state index contributed by atoms with van der Waals surface area (Å²) < 4.78 is 5.13. The molecule has 0 aliphatic heterocycles. The lowest BCUT2D eigenvalue weighted by atomic mass is 10.2. The minimum Gasteiger partial charge on any atom is -0.444 e. The van der Waals surface area contributed by atoms with Gasteiger partial charge in [-0.1, -0.05) is 30.3 Å². The van der Waals surface area contributed by atoms with E-state index in [1.54, 1.807) is 0 Å². The van der Waals surface area contributed by atoms with Crippen molar-refractivity contribution >= 4 is 24.1 Å². The van der Waals surface area contributed by atoms with Gasteiger partial charge in [-0.25, -0.2) is 4.79 Å². The van der Waals surface area contributed by atoms with Crippen molar-refractivity contribution in [2.75, 3.05) is 5.32 Å². The van der Waals surface area contributed by atoms with Crippen LogP contribution in [0.5, 0.6) is 0 Å². The van der Waals surface area contributed by atoms with Crippen LogP contribution < -0.4 is 10.9 Å². The van der Waals surface area contributed by atoms with E-state index >= 15 is 0 Å². The van der Waals surface area contributed by atoms with E-state index in [4.69, 9.17) is 17.0 Å². The number of hydrogen-bond donors (Lipinski definition) is 3. The van der Waals surface area contributed by atoms with Gasteiger partial charge in [0.15, 0.2) is 4.77 Å². The minimum absolute atomic E-state index is 0.130. The first-order chi connectivity index (χ1) is 9.13. The Morgan fingerprint density at radius 1 is 1.26 bits per heavy atom. The van der Waals surface area contributed by atoms with Crippen molar-refractivity contribution in [1.82, 2.24) is 9.97 Å². The number of aromatic amines is 2. The molecule has 6 nitrogen and oxygen atoms in total. The number of rotatable bonds is 3. The maximum atomic E-state index is 11.5. The molecule has 0 atom stereocenters. The SMILES string of the molecule is O=C(Nc1cc(=O)[nH]c(=S)[nH]1)OCc1ccccc1. The summed E-state index contributed by atoms with van der Waals surface area (Å²) in [4.78, 5) is 27.6. The quantitative estimate of drug-likeness (QED) is 0.750. The Morgan fingerprint density at radius 2 is 2.00 bits per heavy atom. The number of aromatic nitrogens is 2. The van der Waals surface area contributed by atoms with Crippen LogP contribution in [0.15, 0.2) is 41.2 Å². The van der Waals surface area contributed by atoms with Gasteiger partial charge in [-0.3, -0.25) is 15.1 Å². The van der Waals surface area contributed by atoms with E-state index in [0.717, 1.165) is 5.56 Å². The molecule has 0 saturated carbocycles. The van der Waals surface area contributed by atoms with Crippen molar-refractivity contribution < 1.29 is 9.53 Å².